The third kappa shape index (κ3) is 4.44. The Hall–Kier alpha value is -3.69. The van der Waals surface area contributed by atoms with Crippen molar-refractivity contribution in [2.75, 3.05) is 7.11 Å². The molecule has 0 aliphatic carbocycles. The fourth-order valence-corrected chi connectivity index (χ4v) is 1.88. The van der Waals surface area contributed by atoms with Crippen LogP contribution in [-0.2, 0) is 14.3 Å². The van der Waals surface area contributed by atoms with Crippen LogP contribution in [-0.4, -0.2) is 36.1 Å². The van der Waals surface area contributed by atoms with Crippen LogP contribution in [0.4, 0.5) is 10.5 Å². The zero-order valence-electron chi connectivity index (χ0n) is 13.8. The minimum atomic E-state index is -1.26. The number of non-ortho nitro benzene ring substituents is 1. The number of nitrogens with zero attached hydrogens (tertiary/aromatic N) is 1. The molecule has 0 bridgehead atoms. The first-order chi connectivity index (χ1) is 12.3. The Morgan fingerprint density at radius 2 is 1.81 bits per heavy atom. The largest absolute Gasteiger partial charge is 0.453 e. The smallest absolute Gasteiger partial charge is 0.413 e. The van der Waals surface area contributed by atoms with E-state index in [-0.39, 0.29) is 11.4 Å². The molecule has 0 radical (unpaired) electrons. The number of nitro benzene ring substituents is 1. The van der Waals surface area contributed by atoms with Gasteiger partial charge in [0.1, 0.15) is 5.76 Å². The Bertz CT molecular complexity index is 840. The quantitative estimate of drug-likeness (QED) is 0.485. The molecule has 136 valence electrons. The van der Waals surface area contributed by atoms with E-state index >= 15 is 0 Å². The molecule has 0 fully saturated rings. The van der Waals surface area contributed by atoms with Crippen LogP contribution in [0.5, 0.6) is 0 Å². The summed E-state index contributed by atoms with van der Waals surface area (Å²) in [5.74, 6) is -1.65. The highest BCUT2D eigenvalue weighted by molar-refractivity contribution is 5.96. The van der Waals surface area contributed by atoms with Crippen molar-refractivity contribution in [3.05, 3.63) is 52.3 Å². The molecule has 0 aliphatic rings. The topological polar surface area (TPSA) is 138 Å². The molecule has 26 heavy (non-hydrogen) atoms. The van der Waals surface area contributed by atoms with E-state index in [9.17, 15) is 24.5 Å². The van der Waals surface area contributed by atoms with Gasteiger partial charge < -0.3 is 13.9 Å². The first kappa shape index (κ1) is 18.6. The highest BCUT2D eigenvalue weighted by Gasteiger charge is 2.23. The van der Waals surface area contributed by atoms with Crippen LogP contribution in [0.3, 0.4) is 0 Å². The van der Waals surface area contributed by atoms with Crippen LogP contribution in [0.2, 0.25) is 0 Å². The molecule has 1 heterocycles. The van der Waals surface area contributed by atoms with Crippen molar-refractivity contribution in [2.24, 2.45) is 0 Å². The lowest BCUT2D eigenvalue weighted by molar-refractivity contribution is -0.384. The molecular weight excluding hydrogens is 348 g/mol. The standard InChI is InChI=1S/C16H14N2O8/c1-9(14(19)17-16(21)24-2)25-15(20)13-8-7-12(26-13)10-3-5-11(6-4-10)18(22)23/h3-9H,1-2H3,(H,17,19,21)/t9-/m1/s1. The molecule has 1 aromatic heterocycles. The van der Waals surface area contributed by atoms with Crippen LogP contribution < -0.4 is 5.32 Å². The lowest BCUT2D eigenvalue weighted by Crippen LogP contribution is -2.39. The van der Waals surface area contributed by atoms with Gasteiger partial charge in [-0.25, -0.2) is 9.59 Å². The van der Waals surface area contributed by atoms with Crippen LogP contribution in [0.15, 0.2) is 40.8 Å². The highest BCUT2D eigenvalue weighted by Crippen LogP contribution is 2.25. The van der Waals surface area contributed by atoms with Gasteiger partial charge in [-0.1, -0.05) is 0 Å². The first-order valence-electron chi connectivity index (χ1n) is 7.26. The molecule has 0 spiro atoms. The van der Waals surface area contributed by atoms with Crippen molar-refractivity contribution in [1.82, 2.24) is 5.32 Å². The normalized spacial score (nSPS) is 11.3. The predicted octanol–water partition coefficient (Wildman–Crippen LogP) is 2.28. The van der Waals surface area contributed by atoms with Crippen molar-refractivity contribution >= 4 is 23.7 Å². The summed E-state index contributed by atoms with van der Waals surface area (Å²) in [6, 6.07) is 8.36. The zero-order valence-corrected chi connectivity index (χ0v) is 13.8. The summed E-state index contributed by atoms with van der Waals surface area (Å²) in [4.78, 5) is 44.7. The fraction of sp³-hybridized carbons (Fsp3) is 0.188. The summed E-state index contributed by atoms with van der Waals surface area (Å²) < 4.78 is 14.5. The van der Waals surface area contributed by atoms with Gasteiger partial charge in [-0.15, -0.1) is 0 Å². The fourth-order valence-electron chi connectivity index (χ4n) is 1.88. The van der Waals surface area contributed by atoms with Crippen molar-refractivity contribution in [3.63, 3.8) is 0 Å². The number of hydrogen-bond donors (Lipinski definition) is 1. The number of alkyl carbamates (subject to hydrolysis) is 1. The van der Waals surface area contributed by atoms with E-state index in [4.69, 9.17) is 9.15 Å². The number of amides is 2. The number of hydrogen-bond acceptors (Lipinski definition) is 8. The summed E-state index contributed by atoms with van der Waals surface area (Å²) in [7, 11) is 1.09. The van der Waals surface area contributed by atoms with Crippen LogP contribution >= 0.6 is 0 Å². The summed E-state index contributed by atoms with van der Waals surface area (Å²) in [5, 5.41) is 12.5. The Morgan fingerprint density at radius 1 is 1.15 bits per heavy atom. The van der Waals surface area contributed by atoms with Crippen LogP contribution in [0.1, 0.15) is 17.5 Å². The number of nitro groups is 1. The average Bonchev–Trinajstić information content (AvgIpc) is 3.11. The minimum absolute atomic E-state index is 0.0783. The molecule has 1 atom stereocenters. The number of methoxy groups -OCH3 is 1. The van der Waals surface area contributed by atoms with Crippen molar-refractivity contribution in [2.45, 2.75) is 13.0 Å². The van der Waals surface area contributed by atoms with Gasteiger partial charge in [0.15, 0.2) is 6.10 Å². The number of benzene rings is 1. The Kier molecular flexibility index (Phi) is 5.68. The molecule has 2 aromatic rings. The van der Waals surface area contributed by atoms with E-state index in [0.717, 1.165) is 7.11 Å². The summed E-state index contributed by atoms with van der Waals surface area (Å²) in [6.07, 6.45) is -2.23. The van der Waals surface area contributed by atoms with Crippen LogP contribution in [0.25, 0.3) is 11.3 Å². The number of carbonyl (C=O) groups is 3. The van der Waals surface area contributed by atoms with Crippen molar-refractivity contribution < 1.29 is 33.2 Å². The molecule has 10 heteroatoms. The number of furan rings is 1. The number of imide groups is 1. The van der Waals surface area contributed by atoms with E-state index in [0.29, 0.717) is 11.3 Å². The molecule has 0 unspecified atom stereocenters. The summed E-state index contributed by atoms with van der Waals surface area (Å²) >= 11 is 0. The van der Waals surface area contributed by atoms with E-state index in [1.54, 1.807) is 0 Å². The van der Waals surface area contributed by atoms with E-state index < -0.39 is 29.0 Å². The number of ether oxygens (including phenoxy) is 2. The number of rotatable bonds is 5. The van der Waals surface area contributed by atoms with E-state index in [1.165, 1.54) is 43.3 Å². The predicted molar refractivity (Wildman–Crippen MR) is 86.2 cm³/mol. The van der Waals surface area contributed by atoms with Gasteiger partial charge in [-0.3, -0.25) is 20.2 Å². The molecule has 0 aliphatic heterocycles. The van der Waals surface area contributed by atoms with Gasteiger partial charge in [0.2, 0.25) is 5.76 Å². The van der Waals surface area contributed by atoms with Gasteiger partial charge in [0, 0.05) is 17.7 Å². The van der Waals surface area contributed by atoms with Gasteiger partial charge in [0.25, 0.3) is 11.6 Å². The lowest BCUT2D eigenvalue weighted by Gasteiger charge is -2.11. The molecule has 2 rings (SSSR count). The molecule has 0 saturated carbocycles. The Morgan fingerprint density at radius 3 is 2.38 bits per heavy atom. The average molecular weight is 362 g/mol. The molecule has 10 nitrogen and oxygen atoms in total. The maximum Gasteiger partial charge on any atom is 0.413 e. The van der Waals surface area contributed by atoms with Crippen molar-refractivity contribution in [1.29, 1.82) is 0 Å². The number of esters is 1. The van der Waals surface area contributed by atoms with Gasteiger partial charge in [0.05, 0.1) is 12.0 Å². The molecular formula is C16H14N2O8. The second kappa shape index (κ2) is 7.92. The monoisotopic (exact) mass is 362 g/mol. The third-order valence-electron chi connectivity index (χ3n) is 3.23. The van der Waals surface area contributed by atoms with Gasteiger partial charge in [-0.05, 0) is 31.2 Å². The number of nitrogens with one attached hydrogen (secondary N) is 1. The Labute approximate surface area is 146 Å². The third-order valence-corrected chi connectivity index (χ3v) is 3.23. The first-order valence-corrected chi connectivity index (χ1v) is 7.26. The molecule has 1 N–H and O–H groups in total. The molecule has 2 amide bonds. The minimum Gasteiger partial charge on any atom is -0.453 e. The maximum absolute atomic E-state index is 12.0. The SMILES string of the molecule is COC(=O)NC(=O)[C@@H](C)OC(=O)c1ccc(-c2ccc([N+](=O)[O-])cc2)o1. The highest BCUT2D eigenvalue weighted by atomic mass is 16.6. The van der Waals surface area contributed by atoms with Gasteiger partial charge in [-0.2, -0.15) is 0 Å². The molecule has 1 aromatic carbocycles. The lowest BCUT2D eigenvalue weighted by atomic mass is 10.1. The summed E-state index contributed by atoms with van der Waals surface area (Å²) in [5.41, 5.74) is 0.441. The van der Waals surface area contributed by atoms with E-state index in [2.05, 4.69) is 4.74 Å². The molecule has 0 saturated heterocycles. The van der Waals surface area contributed by atoms with Gasteiger partial charge >= 0.3 is 12.1 Å². The second-order valence-electron chi connectivity index (χ2n) is 5.00. The van der Waals surface area contributed by atoms with Crippen molar-refractivity contribution in [3.8, 4) is 11.3 Å². The Balaban J connectivity index is 2.04. The number of carbonyl (C=O) groups excluding carboxylic acids is 3. The zero-order chi connectivity index (χ0) is 19.3. The van der Waals surface area contributed by atoms with Crippen LogP contribution in [0, 0.1) is 10.1 Å². The van der Waals surface area contributed by atoms with E-state index in [1.807, 2.05) is 5.32 Å². The summed E-state index contributed by atoms with van der Waals surface area (Å²) in [6.45, 7) is 1.27. The second-order valence-corrected chi connectivity index (χ2v) is 5.00. The maximum atomic E-state index is 12.0.